The van der Waals surface area contributed by atoms with Crippen LogP contribution >= 0.6 is 0 Å². The zero-order valence-corrected chi connectivity index (χ0v) is 31.4. The summed E-state index contributed by atoms with van der Waals surface area (Å²) >= 11 is 0. The lowest BCUT2D eigenvalue weighted by atomic mass is 9.93. The molecule has 0 fully saturated rings. The normalized spacial score (nSPS) is 15.4. The average molecular weight is 719 g/mol. The Hall–Kier alpha value is -4.48. The fourth-order valence-corrected chi connectivity index (χ4v) is 6.11. The third-order valence-electron chi connectivity index (χ3n) is 9.70. The van der Waals surface area contributed by atoms with Crippen LogP contribution in [0.2, 0.25) is 0 Å². The third-order valence-corrected chi connectivity index (χ3v) is 9.70. The van der Waals surface area contributed by atoms with Gasteiger partial charge in [-0.3, -0.25) is 14.4 Å². The van der Waals surface area contributed by atoms with Gasteiger partial charge < -0.3 is 36.2 Å². The quantitative estimate of drug-likeness (QED) is 0.0956. The number of carbonyl (C=O) groups excluding carboxylic acids is 4. The maximum Gasteiger partial charge on any atom is 0.408 e. The molecule has 4 amide bonds. The topological polar surface area (TPSA) is 166 Å². The number of carbonyl (C=O) groups is 4. The van der Waals surface area contributed by atoms with Crippen LogP contribution < -0.4 is 21.3 Å². The van der Waals surface area contributed by atoms with Gasteiger partial charge in [-0.1, -0.05) is 127 Å². The van der Waals surface area contributed by atoms with E-state index in [0.29, 0.717) is 12.8 Å². The second kappa shape index (κ2) is 21.1. The van der Waals surface area contributed by atoms with E-state index in [2.05, 4.69) is 21.3 Å². The molecule has 11 nitrogen and oxygen atoms in total. The standard InChI is InChI=1S/C41H58N4O7/c1-7-27(5)35(24-46)42-37(48)23-36(47)33(21-26(3)4)43-40(50)38(28(6)8-2)45-39(49)34(44-41(51)52-25-29-15-10-9-11-16-29)22-31-19-14-18-30-17-12-13-20-32(30)31/h9-20,26-28,33-36,38,46-47H,7-8,21-25H2,1-6H3,(H,42,48)(H,43,50)(H,44,51)(H,45,49)/t27-,28-,33-,34-,35+,36-,38-/m0/s1. The van der Waals surface area contributed by atoms with Gasteiger partial charge in [0.15, 0.2) is 0 Å². The van der Waals surface area contributed by atoms with Gasteiger partial charge in [0.1, 0.15) is 18.7 Å². The number of aliphatic hydroxyl groups is 2. The van der Waals surface area contributed by atoms with Crippen LogP contribution in [0.1, 0.15) is 78.4 Å². The summed E-state index contributed by atoms with van der Waals surface area (Å²) in [6.45, 7) is 11.3. The van der Waals surface area contributed by atoms with Gasteiger partial charge in [-0.15, -0.1) is 0 Å². The van der Waals surface area contributed by atoms with Crippen LogP contribution in [0.25, 0.3) is 10.8 Å². The monoisotopic (exact) mass is 718 g/mol. The van der Waals surface area contributed by atoms with Crippen molar-refractivity contribution in [1.29, 1.82) is 0 Å². The lowest BCUT2D eigenvalue weighted by Gasteiger charge is -2.31. The van der Waals surface area contributed by atoms with Crippen LogP contribution in [-0.4, -0.2) is 70.9 Å². The van der Waals surface area contributed by atoms with Crippen molar-refractivity contribution in [3.63, 3.8) is 0 Å². The number of nitrogens with one attached hydrogen (secondary N) is 4. The second-order valence-electron chi connectivity index (χ2n) is 14.2. The molecule has 0 unspecified atom stereocenters. The SMILES string of the molecule is CC[C@H](C)[C@H](NC(=O)[C@H](Cc1cccc2ccccc12)NC(=O)OCc1ccccc1)C(=O)N[C@@H](CC(C)C)[C@@H](O)CC(=O)N[C@H](CO)[C@@H](C)CC. The first-order valence-corrected chi connectivity index (χ1v) is 18.5. The van der Waals surface area contributed by atoms with Crippen molar-refractivity contribution in [2.75, 3.05) is 6.61 Å². The summed E-state index contributed by atoms with van der Waals surface area (Å²) < 4.78 is 5.47. The smallest absolute Gasteiger partial charge is 0.408 e. The Morgan fingerprint density at radius 2 is 1.38 bits per heavy atom. The van der Waals surface area contributed by atoms with Crippen molar-refractivity contribution in [2.45, 2.75) is 111 Å². The highest BCUT2D eigenvalue weighted by atomic mass is 16.5. The molecule has 0 aliphatic rings. The highest BCUT2D eigenvalue weighted by molar-refractivity contribution is 5.93. The molecular formula is C41H58N4O7. The molecular weight excluding hydrogens is 660 g/mol. The van der Waals surface area contributed by atoms with E-state index < -0.39 is 54.1 Å². The van der Waals surface area contributed by atoms with Gasteiger partial charge in [0.2, 0.25) is 17.7 Å². The molecule has 0 aliphatic carbocycles. The minimum atomic E-state index is -1.21. The molecule has 52 heavy (non-hydrogen) atoms. The Morgan fingerprint density at radius 3 is 2.04 bits per heavy atom. The summed E-state index contributed by atoms with van der Waals surface area (Å²) in [7, 11) is 0. The Labute approximate surface area is 308 Å². The summed E-state index contributed by atoms with van der Waals surface area (Å²) in [4.78, 5) is 54.0. The van der Waals surface area contributed by atoms with Crippen molar-refractivity contribution < 1.29 is 34.1 Å². The average Bonchev–Trinajstić information content (AvgIpc) is 3.14. The highest BCUT2D eigenvalue weighted by Crippen LogP contribution is 2.21. The van der Waals surface area contributed by atoms with Crippen molar-refractivity contribution in [1.82, 2.24) is 21.3 Å². The third kappa shape index (κ3) is 12.9. The van der Waals surface area contributed by atoms with Crippen LogP contribution in [0.3, 0.4) is 0 Å². The Bertz CT molecular complexity index is 1580. The summed E-state index contributed by atoms with van der Waals surface area (Å²) in [5.41, 5.74) is 1.63. The number of hydrogen-bond acceptors (Lipinski definition) is 7. The first kappa shape index (κ1) is 41.9. The van der Waals surface area contributed by atoms with Gasteiger partial charge in [0.05, 0.1) is 31.2 Å². The molecule has 0 heterocycles. The predicted molar refractivity (Wildman–Crippen MR) is 203 cm³/mol. The van der Waals surface area contributed by atoms with E-state index in [9.17, 15) is 29.4 Å². The summed E-state index contributed by atoms with van der Waals surface area (Å²) in [6.07, 6.45) is -0.424. The number of alkyl carbamates (subject to hydrolysis) is 1. The first-order chi connectivity index (χ1) is 24.9. The number of rotatable bonds is 20. The number of benzene rings is 3. The van der Waals surface area contributed by atoms with E-state index >= 15 is 0 Å². The number of hydrogen-bond donors (Lipinski definition) is 6. The molecule has 284 valence electrons. The fourth-order valence-electron chi connectivity index (χ4n) is 6.11. The molecule has 3 aromatic rings. The molecule has 6 N–H and O–H groups in total. The van der Waals surface area contributed by atoms with Crippen LogP contribution in [0.15, 0.2) is 72.8 Å². The second-order valence-corrected chi connectivity index (χ2v) is 14.2. The molecule has 0 bridgehead atoms. The zero-order chi connectivity index (χ0) is 38.2. The van der Waals surface area contributed by atoms with Crippen LogP contribution in [0.4, 0.5) is 4.79 Å². The molecule has 0 saturated heterocycles. The lowest BCUT2D eigenvalue weighted by molar-refractivity contribution is -0.132. The number of aliphatic hydroxyl groups excluding tert-OH is 2. The highest BCUT2D eigenvalue weighted by Gasteiger charge is 2.34. The van der Waals surface area contributed by atoms with Gasteiger partial charge in [0, 0.05) is 6.42 Å². The van der Waals surface area contributed by atoms with Gasteiger partial charge in [-0.05, 0) is 46.1 Å². The van der Waals surface area contributed by atoms with E-state index in [-0.39, 0.29) is 43.8 Å². The van der Waals surface area contributed by atoms with Crippen molar-refractivity contribution in [3.8, 4) is 0 Å². The number of ether oxygens (including phenoxy) is 1. The summed E-state index contributed by atoms with van der Waals surface area (Å²) in [5.74, 6) is -1.69. The minimum Gasteiger partial charge on any atom is -0.445 e. The maximum absolute atomic E-state index is 14.1. The van der Waals surface area contributed by atoms with E-state index in [1.165, 1.54) is 0 Å². The molecule has 0 aromatic heterocycles. The van der Waals surface area contributed by atoms with E-state index in [1.54, 1.807) is 0 Å². The molecule has 3 aromatic carbocycles. The van der Waals surface area contributed by atoms with Crippen LogP contribution in [-0.2, 0) is 32.1 Å². The molecule has 0 radical (unpaired) electrons. The van der Waals surface area contributed by atoms with Gasteiger partial charge in [0.25, 0.3) is 0 Å². The Morgan fingerprint density at radius 1 is 0.731 bits per heavy atom. The van der Waals surface area contributed by atoms with Crippen molar-refractivity contribution >= 4 is 34.6 Å². The van der Waals surface area contributed by atoms with Crippen molar-refractivity contribution in [3.05, 3.63) is 83.9 Å². The van der Waals surface area contributed by atoms with Gasteiger partial charge in [-0.25, -0.2) is 4.79 Å². The largest absolute Gasteiger partial charge is 0.445 e. The molecule has 0 saturated carbocycles. The van der Waals surface area contributed by atoms with Crippen LogP contribution in [0.5, 0.6) is 0 Å². The molecule has 7 atom stereocenters. The number of fused-ring (bicyclic) bond motifs is 1. The fraction of sp³-hybridized carbons (Fsp3) is 0.512. The van der Waals surface area contributed by atoms with Crippen LogP contribution in [0, 0.1) is 17.8 Å². The predicted octanol–water partition coefficient (Wildman–Crippen LogP) is 5.01. The molecule has 11 heteroatoms. The Balaban J connectivity index is 1.82. The molecule has 0 aliphatic heterocycles. The van der Waals surface area contributed by atoms with E-state index in [0.717, 1.165) is 28.3 Å². The minimum absolute atomic E-state index is 0.0169. The van der Waals surface area contributed by atoms with Crippen molar-refractivity contribution in [2.24, 2.45) is 17.8 Å². The van der Waals surface area contributed by atoms with E-state index in [4.69, 9.17) is 4.74 Å². The first-order valence-electron chi connectivity index (χ1n) is 18.5. The zero-order valence-electron chi connectivity index (χ0n) is 31.4. The van der Waals surface area contributed by atoms with Gasteiger partial charge in [-0.2, -0.15) is 0 Å². The van der Waals surface area contributed by atoms with E-state index in [1.807, 2.05) is 114 Å². The molecule has 0 spiro atoms. The molecule has 3 rings (SSSR count). The lowest BCUT2D eigenvalue weighted by Crippen LogP contribution is -2.58. The summed E-state index contributed by atoms with van der Waals surface area (Å²) in [5, 5.41) is 34.2. The maximum atomic E-state index is 14.1. The summed E-state index contributed by atoms with van der Waals surface area (Å²) in [6, 6.07) is 19.4. The van der Waals surface area contributed by atoms with Gasteiger partial charge >= 0.3 is 6.09 Å². The number of amides is 4. The Kier molecular flexibility index (Phi) is 17.1.